The second kappa shape index (κ2) is 7.63. The van der Waals surface area contributed by atoms with Crippen LogP contribution in [0.4, 0.5) is 0 Å². The third-order valence-electron chi connectivity index (χ3n) is 4.57. The maximum absolute atomic E-state index is 12.6. The molecular formula is C18H27NO3. The molecule has 1 aliphatic rings. The van der Waals surface area contributed by atoms with Crippen molar-refractivity contribution in [1.29, 1.82) is 0 Å². The minimum Gasteiger partial charge on any atom is -0.497 e. The summed E-state index contributed by atoms with van der Waals surface area (Å²) in [4.78, 5) is 14.5. The Morgan fingerprint density at radius 1 is 1.36 bits per heavy atom. The zero-order chi connectivity index (χ0) is 16.1. The molecule has 1 saturated heterocycles. The predicted octanol–water partition coefficient (Wildman–Crippen LogP) is 2.49. The Bertz CT molecular complexity index is 484. The highest BCUT2D eigenvalue weighted by Gasteiger charge is 2.28. The number of aliphatic hydroxyl groups is 1. The van der Waals surface area contributed by atoms with E-state index in [9.17, 15) is 9.90 Å². The lowest BCUT2D eigenvalue weighted by atomic mass is 9.91. The molecule has 0 aromatic heterocycles. The summed E-state index contributed by atoms with van der Waals surface area (Å²) in [7, 11) is 1.65. The molecule has 4 nitrogen and oxygen atoms in total. The number of nitrogens with zero attached hydrogens (tertiary/aromatic N) is 1. The average Bonchev–Trinajstić information content (AvgIpc) is 2.54. The van der Waals surface area contributed by atoms with Gasteiger partial charge in [-0.3, -0.25) is 4.79 Å². The number of rotatable bonds is 5. The molecule has 1 amide bonds. The first-order valence-corrected chi connectivity index (χ1v) is 8.11. The number of methoxy groups -OCH3 is 1. The summed E-state index contributed by atoms with van der Waals surface area (Å²) in [6.45, 7) is 5.30. The highest BCUT2D eigenvalue weighted by molar-refractivity contribution is 5.79. The van der Waals surface area contributed by atoms with Gasteiger partial charge in [0.15, 0.2) is 0 Å². The van der Waals surface area contributed by atoms with Gasteiger partial charge in [-0.05, 0) is 43.9 Å². The molecule has 1 fully saturated rings. The predicted molar refractivity (Wildman–Crippen MR) is 86.8 cm³/mol. The summed E-state index contributed by atoms with van der Waals surface area (Å²) >= 11 is 0. The summed E-state index contributed by atoms with van der Waals surface area (Å²) in [6.07, 6.45) is 2.39. The number of amides is 1. The van der Waals surface area contributed by atoms with Crippen LogP contribution in [-0.2, 0) is 11.2 Å². The van der Waals surface area contributed by atoms with E-state index >= 15 is 0 Å². The monoisotopic (exact) mass is 305 g/mol. The zero-order valence-electron chi connectivity index (χ0n) is 13.8. The molecule has 0 aliphatic carbocycles. The van der Waals surface area contributed by atoms with Crippen LogP contribution in [0.5, 0.6) is 5.75 Å². The van der Waals surface area contributed by atoms with E-state index in [4.69, 9.17) is 4.74 Å². The standard InChI is InChI=1S/C18H27NO3/c1-13(11-15-6-8-17(22-3)9-7-15)18(21)19-10-4-5-16(12-19)14(2)20/h6-9,13-14,16,20H,4-5,10-12H2,1-3H3. The second-order valence-corrected chi connectivity index (χ2v) is 6.38. The topological polar surface area (TPSA) is 49.8 Å². The average molecular weight is 305 g/mol. The van der Waals surface area contributed by atoms with Gasteiger partial charge >= 0.3 is 0 Å². The fraction of sp³-hybridized carbons (Fsp3) is 0.611. The molecule has 22 heavy (non-hydrogen) atoms. The largest absolute Gasteiger partial charge is 0.497 e. The highest BCUT2D eigenvalue weighted by atomic mass is 16.5. The van der Waals surface area contributed by atoms with Gasteiger partial charge in [0, 0.05) is 24.9 Å². The highest BCUT2D eigenvalue weighted by Crippen LogP contribution is 2.22. The van der Waals surface area contributed by atoms with Gasteiger partial charge in [0.2, 0.25) is 5.91 Å². The van der Waals surface area contributed by atoms with Gasteiger partial charge in [-0.25, -0.2) is 0 Å². The Balaban J connectivity index is 1.93. The van der Waals surface area contributed by atoms with E-state index in [0.717, 1.165) is 37.1 Å². The van der Waals surface area contributed by atoms with E-state index < -0.39 is 0 Å². The van der Waals surface area contributed by atoms with Gasteiger partial charge in [0.05, 0.1) is 13.2 Å². The van der Waals surface area contributed by atoms with Crippen LogP contribution < -0.4 is 4.74 Å². The Labute approximate surface area is 133 Å². The summed E-state index contributed by atoms with van der Waals surface area (Å²) in [5.41, 5.74) is 1.14. The van der Waals surface area contributed by atoms with E-state index in [0.29, 0.717) is 6.54 Å². The Hall–Kier alpha value is -1.55. The van der Waals surface area contributed by atoms with Gasteiger partial charge in [-0.1, -0.05) is 19.1 Å². The second-order valence-electron chi connectivity index (χ2n) is 6.38. The molecule has 0 bridgehead atoms. The number of carbonyl (C=O) groups excluding carboxylic acids is 1. The lowest BCUT2D eigenvalue weighted by Gasteiger charge is -2.35. The van der Waals surface area contributed by atoms with Gasteiger partial charge < -0.3 is 14.7 Å². The maximum atomic E-state index is 12.6. The first-order chi connectivity index (χ1) is 10.5. The lowest BCUT2D eigenvalue weighted by molar-refractivity contribution is -0.137. The number of aliphatic hydroxyl groups excluding tert-OH is 1. The van der Waals surface area contributed by atoms with Gasteiger partial charge in [0.1, 0.15) is 5.75 Å². The molecule has 1 aromatic carbocycles. The number of hydrogen-bond acceptors (Lipinski definition) is 3. The summed E-state index contributed by atoms with van der Waals surface area (Å²) in [6, 6.07) is 7.88. The van der Waals surface area contributed by atoms with Crippen molar-refractivity contribution in [2.45, 2.75) is 39.2 Å². The maximum Gasteiger partial charge on any atom is 0.225 e. The van der Waals surface area contributed by atoms with Crippen molar-refractivity contribution in [3.05, 3.63) is 29.8 Å². The Kier molecular flexibility index (Phi) is 5.83. The minimum atomic E-state index is -0.340. The summed E-state index contributed by atoms with van der Waals surface area (Å²) < 4.78 is 5.15. The van der Waals surface area contributed by atoms with Crippen LogP contribution in [0, 0.1) is 11.8 Å². The van der Waals surface area contributed by atoms with Crippen LogP contribution in [0.1, 0.15) is 32.3 Å². The SMILES string of the molecule is COc1ccc(CC(C)C(=O)N2CCCC(C(C)O)C2)cc1. The van der Waals surface area contributed by atoms with E-state index in [-0.39, 0.29) is 23.8 Å². The molecule has 0 saturated carbocycles. The van der Waals surface area contributed by atoms with Crippen LogP contribution in [0.15, 0.2) is 24.3 Å². The van der Waals surface area contributed by atoms with Crippen molar-refractivity contribution in [3.8, 4) is 5.75 Å². The number of carbonyl (C=O) groups is 1. The van der Waals surface area contributed by atoms with Crippen LogP contribution in [0.3, 0.4) is 0 Å². The summed E-state index contributed by atoms with van der Waals surface area (Å²) in [5, 5.41) is 9.75. The molecule has 2 rings (SSSR count). The fourth-order valence-corrected chi connectivity index (χ4v) is 3.12. The van der Waals surface area contributed by atoms with Crippen molar-refractivity contribution in [2.24, 2.45) is 11.8 Å². The number of likely N-dealkylation sites (tertiary alicyclic amines) is 1. The van der Waals surface area contributed by atoms with E-state index in [1.54, 1.807) is 7.11 Å². The number of benzene rings is 1. The Morgan fingerprint density at radius 2 is 2.05 bits per heavy atom. The smallest absolute Gasteiger partial charge is 0.225 e. The molecule has 1 aromatic rings. The molecule has 4 heteroatoms. The van der Waals surface area contributed by atoms with Crippen LogP contribution in [-0.4, -0.2) is 42.2 Å². The molecule has 1 heterocycles. The lowest BCUT2D eigenvalue weighted by Crippen LogP contribution is -2.45. The summed E-state index contributed by atoms with van der Waals surface area (Å²) in [5.74, 6) is 1.20. The normalized spacial score (nSPS) is 21.3. The van der Waals surface area contributed by atoms with Crippen molar-refractivity contribution in [3.63, 3.8) is 0 Å². The molecule has 1 N–H and O–H groups in total. The van der Waals surface area contributed by atoms with E-state index in [1.807, 2.05) is 43.0 Å². The van der Waals surface area contributed by atoms with Crippen molar-refractivity contribution >= 4 is 5.91 Å². The molecule has 3 unspecified atom stereocenters. The van der Waals surface area contributed by atoms with Gasteiger partial charge in [0.25, 0.3) is 0 Å². The first kappa shape index (κ1) is 16.8. The van der Waals surface area contributed by atoms with Crippen molar-refractivity contribution in [2.75, 3.05) is 20.2 Å². The van der Waals surface area contributed by atoms with Crippen LogP contribution >= 0.6 is 0 Å². The quantitative estimate of drug-likeness (QED) is 0.909. The van der Waals surface area contributed by atoms with E-state index in [1.165, 1.54) is 0 Å². The van der Waals surface area contributed by atoms with Crippen LogP contribution in [0.2, 0.25) is 0 Å². The fourth-order valence-electron chi connectivity index (χ4n) is 3.12. The molecule has 3 atom stereocenters. The molecular weight excluding hydrogens is 278 g/mol. The molecule has 1 aliphatic heterocycles. The molecule has 122 valence electrons. The Morgan fingerprint density at radius 3 is 2.64 bits per heavy atom. The van der Waals surface area contributed by atoms with E-state index in [2.05, 4.69) is 0 Å². The third kappa shape index (κ3) is 4.23. The minimum absolute atomic E-state index is 0.0406. The zero-order valence-corrected chi connectivity index (χ0v) is 13.8. The van der Waals surface area contributed by atoms with Crippen molar-refractivity contribution in [1.82, 2.24) is 4.90 Å². The number of hydrogen-bond donors (Lipinski definition) is 1. The van der Waals surface area contributed by atoms with Gasteiger partial charge in [-0.15, -0.1) is 0 Å². The molecule has 0 radical (unpaired) electrons. The number of piperidine rings is 1. The van der Waals surface area contributed by atoms with Crippen LogP contribution in [0.25, 0.3) is 0 Å². The number of ether oxygens (including phenoxy) is 1. The van der Waals surface area contributed by atoms with Gasteiger partial charge in [-0.2, -0.15) is 0 Å². The van der Waals surface area contributed by atoms with Crippen molar-refractivity contribution < 1.29 is 14.6 Å². The third-order valence-corrected chi connectivity index (χ3v) is 4.57. The molecule has 0 spiro atoms. The first-order valence-electron chi connectivity index (χ1n) is 8.11.